The summed E-state index contributed by atoms with van der Waals surface area (Å²) in [5.74, 6) is 2.78. The summed E-state index contributed by atoms with van der Waals surface area (Å²) in [6.45, 7) is 9.23. The lowest BCUT2D eigenvalue weighted by Gasteiger charge is -2.43. The number of hydrogen-bond acceptors (Lipinski definition) is 12. The highest BCUT2D eigenvalue weighted by Gasteiger charge is 2.40. The highest BCUT2D eigenvalue weighted by molar-refractivity contribution is 6.12. The summed E-state index contributed by atoms with van der Waals surface area (Å²) in [5, 5.41) is 1.87. The first-order chi connectivity index (χ1) is 38.2. The monoisotopic (exact) mass is 1010 g/mol. The Hall–Kier alpha value is -10.2. The fourth-order valence-electron chi connectivity index (χ4n) is 11.4. The molecule has 78 heavy (non-hydrogen) atoms. The van der Waals surface area contributed by atoms with Crippen molar-refractivity contribution in [1.82, 2.24) is 49.8 Å². The molecule has 12 heteroatoms. The van der Waals surface area contributed by atoms with Gasteiger partial charge in [0, 0.05) is 81.0 Å². The lowest BCUT2D eigenvalue weighted by Crippen LogP contribution is -2.31. The molecule has 2 aliphatic heterocycles. The lowest BCUT2D eigenvalue weighted by molar-refractivity contribution is 0.632. The molecule has 0 saturated heterocycles. The molecule has 8 heterocycles. The van der Waals surface area contributed by atoms with Crippen molar-refractivity contribution in [2.24, 2.45) is 0 Å². The predicted octanol–water partition coefficient (Wildman–Crippen LogP) is 15.0. The molecule has 6 aromatic carbocycles. The minimum absolute atomic E-state index is 0.332. The van der Waals surface area contributed by atoms with Gasteiger partial charge < -0.3 is 9.80 Å². The maximum absolute atomic E-state index is 5.32. The first-order valence-corrected chi connectivity index (χ1v) is 26.0. The Balaban J connectivity index is 1.15. The van der Waals surface area contributed by atoms with Crippen molar-refractivity contribution in [3.63, 3.8) is 0 Å². The number of para-hydroxylation sites is 4. The fourth-order valence-corrected chi connectivity index (χ4v) is 11.4. The minimum Gasteiger partial charge on any atom is -0.309 e. The van der Waals surface area contributed by atoms with Crippen molar-refractivity contribution in [3.05, 3.63) is 241 Å². The van der Waals surface area contributed by atoms with E-state index in [0.29, 0.717) is 46.3 Å². The summed E-state index contributed by atoms with van der Waals surface area (Å²) in [7, 11) is 0. The molecular weight excluding hydrogens is 961 g/mol. The molecule has 2 aliphatic rings. The van der Waals surface area contributed by atoms with Gasteiger partial charge in [0.1, 0.15) is 11.4 Å². The Kier molecular flexibility index (Phi) is 10.9. The fraction of sp³-hybridized carbons (Fsp3) is 0.0909. The van der Waals surface area contributed by atoms with Crippen LogP contribution < -0.4 is 9.80 Å². The zero-order chi connectivity index (χ0) is 52.5. The van der Waals surface area contributed by atoms with Gasteiger partial charge in [-0.05, 0) is 119 Å². The van der Waals surface area contributed by atoms with Crippen LogP contribution in [-0.2, 0) is 10.8 Å². The van der Waals surface area contributed by atoms with Gasteiger partial charge in [0.05, 0.1) is 34.1 Å². The Morgan fingerprint density at radius 1 is 0.295 bits per heavy atom. The Morgan fingerprint density at radius 3 is 0.962 bits per heavy atom. The van der Waals surface area contributed by atoms with Gasteiger partial charge in [-0.1, -0.05) is 113 Å². The van der Waals surface area contributed by atoms with E-state index in [9.17, 15) is 0 Å². The first-order valence-electron chi connectivity index (χ1n) is 26.0. The molecule has 0 N–H and O–H groups in total. The molecule has 12 nitrogen and oxygen atoms in total. The Labute approximate surface area is 451 Å². The average molecular weight is 1010 g/mol. The first kappa shape index (κ1) is 46.3. The molecule has 372 valence electrons. The molecule has 6 aromatic heterocycles. The van der Waals surface area contributed by atoms with E-state index in [1.54, 1.807) is 37.2 Å². The maximum atomic E-state index is 5.32. The van der Waals surface area contributed by atoms with Crippen LogP contribution in [0.2, 0.25) is 0 Å². The molecule has 0 atom stereocenters. The SMILES string of the molecule is CC1(C)c2ccccc2N(c2cc(-c3nc(-c4cccnc4)nc(-c4ccccn4)n3)cc3c(N4c5ccccc5C(C)(C)c5ccccc54)cc(-c4nc(-c5cccnc5)nc(-c5ccccn5)n4)cc23)c2ccccc21. The average Bonchev–Trinajstić information content (AvgIpc) is 3.68. The van der Waals surface area contributed by atoms with E-state index in [1.807, 2.05) is 60.7 Å². The number of pyridine rings is 4. The molecule has 0 unspecified atom stereocenters. The third kappa shape index (κ3) is 7.67. The third-order valence-corrected chi connectivity index (χ3v) is 15.2. The standard InChI is InChI=1S/C66H48N12/c1-65(2)47-21-5-9-27-53(47)77(54-28-10-6-22-48(54)65)57-37-43(61-71-59(41-19-17-31-67-39-41)73-63(75-61)51-25-13-15-33-69-51)36-46-45(57)35-44(62-72-60(42-20-18-32-68-40-42)74-64(76-62)52-26-14-16-34-70-52)38-58(46)78-55-29-11-7-23-49(55)66(3,4)50-24-8-12-30-56(50)78/h5-40H,1-4H3. The number of nitrogens with zero attached hydrogens (tertiary/aromatic N) is 12. The summed E-state index contributed by atoms with van der Waals surface area (Å²) in [6.07, 6.45) is 10.6. The van der Waals surface area contributed by atoms with Crippen LogP contribution in [-0.4, -0.2) is 49.8 Å². The van der Waals surface area contributed by atoms with Crippen LogP contribution in [0, 0.1) is 0 Å². The van der Waals surface area contributed by atoms with E-state index >= 15 is 0 Å². The van der Waals surface area contributed by atoms with Gasteiger partial charge in [0.15, 0.2) is 34.9 Å². The van der Waals surface area contributed by atoms with Crippen LogP contribution >= 0.6 is 0 Å². The van der Waals surface area contributed by atoms with Gasteiger partial charge in [-0.25, -0.2) is 29.9 Å². The molecule has 0 aliphatic carbocycles. The number of anilines is 6. The van der Waals surface area contributed by atoms with Crippen molar-refractivity contribution < 1.29 is 0 Å². The lowest BCUT2D eigenvalue weighted by atomic mass is 9.73. The van der Waals surface area contributed by atoms with Crippen LogP contribution in [0.3, 0.4) is 0 Å². The van der Waals surface area contributed by atoms with Crippen LogP contribution in [0.15, 0.2) is 219 Å². The van der Waals surface area contributed by atoms with Gasteiger partial charge in [0.2, 0.25) is 0 Å². The second-order valence-corrected chi connectivity index (χ2v) is 20.6. The van der Waals surface area contributed by atoms with Crippen LogP contribution in [0.4, 0.5) is 34.1 Å². The molecule has 12 aromatic rings. The maximum Gasteiger partial charge on any atom is 0.182 e. The van der Waals surface area contributed by atoms with Crippen molar-refractivity contribution in [2.45, 2.75) is 38.5 Å². The Bertz CT molecular complexity index is 3790. The van der Waals surface area contributed by atoms with Gasteiger partial charge >= 0.3 is 0 Å². The largest absolute Gasteiger partial charge is 0.309 e. The number of benzene rings is 6. The summed E-state index contributed by atoms with van der Waals surface area (Å²) in [5.41, 5.74) is 14.4. The minimum atomic E-state index is -0.332. The molecule has 0 amide bonds. The van der Waals surface area contributed by atoms with Gasteiger partial charge in [-0.15, -0.1) is 0 Å². The van der Waals surface area contributed by atoms with Crippen LogP contribution in [0.25, 0.3) is 79.4 Å². The van der Waals surface area contributed by atoms with E-state index in [1.165, 1.54) is 22.3 Å². The summed E-state index contributed by atoms with van der Waals surface area (Å²) < 4.78 is 0. The zero-order valence-corrected chi connectivity index (χ0v) is 43.2. The highest BCUT2D eigenvalue weighted by Crippen LogP contribution is 2.57. The molecule has 0 bridgehead atoms. The van der Waals surface area contributed by atoms with Crippen molar-refractivity contribution in [1.29, 1.82) is 0 Å². The number of hydrogen-bond donors (Lipinski definition) is 0. The van der Waals surface area contributed by atoms with E-state index in [-0.39, 0.29) is 10.8 Å². The van der Waals surface area contributed by atoms with E-state index in [0.717, 1.165) is 67.2 Å². The summed E-state index contributed by atoms with van der Waals surface area (Å²) in [4.78, 5) is 54.6. The molecule has 0 fully saturated rings. The quantitative estimate of drug-likeness (QED) is 0.143. The molecular formula is C66H48N12. The van der Waals surface area contributed by atoms with Crippen molar-refractivity contribution in [2.75, 3.05) is 9.80 Å². The van der Waals surface area contributed by atoms with E-state index in [4.69, 9.17) is 39.9 Å². The molecule has 0 spiro atoms. The number of aromatic nitrogens is 10. The zero-order valence-electron chi connectivity index (χ0n) is 43.2. The van der Waals surface area contributed by atoms with Crippen LogP contribution in [0.1, 0.15) is 49.9 Å². The van der Waals surface area contributed by atoms with E-state index in [2.05, 4.69) is 169 Å². The number of fused-ring (bicyclic) bond motifs is 5. The topological polar surface area (TPSA) is 135 Å². The normalized spacial score (nSPS) is 13.8. The van der Waals surface area contributed by atoms with Crippen LogP contribution in [0.5, 0.6) is 0 Å². The van der Waals surface area contributed by atoms with Gasteiger partial charge in [0.25, 0.3) is 0 Å². The van der Waals surface area contributed by atoms with Gasteiger partial charge in [-0.3, -0.25) is 19.9 Å². The second-order valence-electron chi connectivity index (χ2n) is 20.6. The van der Waals surface area contributed by atoms with Crippen molar-refractivity contribution >= 4 is 44.9 Å². The molecule has 0 radical (unpaired) electrons. The second kappa shape index (κ2) is 18.3. The summed E-state index contributed by atoms with van der Waals surface area (Å²) in [6, 6.07) is 63.1. The summed E-state index contributed by atoms with van der Waals surface area (Å²) >= 11 is 0. The van der Waals surface area contributed by atoms with Crippen molar-refractivity contribution in [3.8, 4) is 68.6 Å². The molecule has 14 rings (SSSR count). The van der Waals surface area contributed by atoms with Gasteiger partial charge in [-0.2, -0.15) is 0 Å². The van der Waals surface area contributed by atoms with E-state index < -0.39 is 0 Å². The predicted molar refractivity (Wildman–Crippen MR) is 308 cm³/mol. The number of rotatable bonds is 8. The highest BCUT2D eigenvalue weighted by atomic mass is 15.2. The smallest absolute Gasteiger partial charge is 0.182 e. The third-order valence-electron chi connectivity index (χ3n) is 15.2. The Morgan fingerprint density at radius 2 is 0.628 bits per heavy atom. The molecule has 0 saturated carbocycles.